The molecular formula is C19H17N3O2S2. The number of aromatic amines is 1. The number of hydrogen-bond donors (Lipinski definition) is 1. The molecule has 0 saturated heterocycles. The first-order valence-electron chi connectivity index (χ1n) is 8.19. The number of para-hydroxylation sites is 1. The number of thioether (sulfide) groups is 1. The number of fused-ring (bicyclic) bond motifs is 2. The zero-order valence-corrected chi connectivity index (χ0v) is 16.2. The molecule has 4 rings (SSSR count). The number of carbonyl (C=O) groups excluding carboxylic acids is 1. The molecule has 0 bridgehead atoms. The maximum Gasteiger partial charge on any atom is 0.262 e. The van der Waals surface area contributed by atoms with Crippen molar-refractivity contribution in [2.45, 2.75) is 24.3 Å². The second-order valence-electron chi connectivity index (χ2n) is 6.19. The van der Waals surface area contributed by atoms with Gasteiger partial charge in [0.2, 0.25) is 0 Å². The minimum Gasteiger partial charge on any atom is -0.358 e. The Morgan fingerprint density at radius 2 is 2.04 bits per heavy atom. The van der Waals surface area contributed by atoms with Crippen LogP contribution in [0.25, 0.3) is 21.1 Å². The molecule has 3 aromatic heterocycles. The van der Waals surface area contributed by atoms with E-state index >= 15 is 0 Å². The number of rotatable bonds is 4. The number of aromatic nitrogens is 3. The van der Waals surface area contributed by atoms with Gasteiger partial charge in [-0.15, -0.1) is 11.3 Å². The molecule has 1 atom stereocenters. The Morgan fingerprint density at radius 3 is 2.85 bits per heavy atom. The standard InChI is InChI=1S/C19H17N3O2S2/c1-10-15(12-6-4-5-7-14(12)20-10)16(23)11(2)26-19-21-17-13(8-9-25-17)18(24)22(19)3/h4-9,11,20H,1-3H3. The highest BCUT2D eigenvalue weighted by molar-refractivity contribution is 8.00. The molecule has 1 aromatic carbocycles. The monoisotopic (exact) mass is 383 g/mol. The van der Waals surface area contributed by atoms with Gasteiger partial charge in [0.25, 0.3) is 5.56 Å². The van der Waals surface area contributed by atoms with Crippen molar-refractivity contribution < 1.29 is 4.79 Å². The van der Waals surface area contributed by atoms with E-state index in [2.05, 4.69) is 9.97 Å². The molecule has 26 heavy (non-hydrogen) atoms. The van der Waals surface area contributed by atoms with Gasteiger partial charge in [0.05, 0.1) is 10.6 Å². The lowest BCUT2D eigenvalue weighted by atomic mass is 10.1. The summed E-state index contributed by atoms with van der Waals surface area (Å²) in [5, 5.41) is 3.61. The molecule has 0 amide bonds. The molecule has 0 aliphatic heterocycles. The second kappa shape index (κ2) is 6.41. The number of H-pyrrole nitrogens is 1. The summed E-state index contributed by atoms with van der Waals surface area (Å²) in [6.45, 7) is 3.77. The Balaban J connectivity index is 1.71. The smallest absolute Gasteiger partial charge is 0.262 e. The van der Waals surface area contributed by atoms with Gasteiger partial charge in [-0.1, -0.05) is 30.0 Å². The number of thiophene rings is 1. The van der Waals surface area contributed by atoms with Crippen molar-refractivity contribution in [1.29, 1.82) is 0 Å². The third kappa shape index (κ3) is 2.68. The minimum absolute atomic E-state index is 0.0328. The number of Topliss-reactive ketones (excluding diaryl/α,β-unsaturated/α-hetero) is 1. The van der Waals surface area contributed by atoms with Crippen LogP contribution >= 0.6 is 23.1 Å². The number of carbonyl (C=O) groups is 1. The van der Waals surface area contributed by atoms with Crippen molar-refractivity contribution in [3.8, 4) is 0 Å². The number of aryl methyl sites for hydroxylation is 1. The highest BCUT2D eigenvalue weighted by atomic mass is 32.2. The number of benzene rings is 1. The summed E-state index contributed by atoms with van der Waals surface area (Å²) in [5.41, 5.74) is 2.44. The first kappa shape index (κ1) is 17.1. The molecule has 3 heterocycles. The van der Waals surface area contributed by atoms with Gasteiger partial charge in [-0.05, 0) is 31.4 Å². The topological polar surface area (TPSA) is 67.8 Å². The molecule has 0 fully saturated rings. The number of hydrogen-bond acceptors (Lipinski definition) is 5. The van der Waals surface area contributed by atoms with E-state index in [9.17, 15) is 9.59 Å². The van der Waals surface area contributed by atoms with Crippen LogP contribution in [0.3, 0.4) is 0 Å². The highest BCUT2D eigenvalue weighted by Gasteiger charge is 2.24. The van der Waals surface area contributed by atoms with Crippen molar-refractivity contribution >= 4 is 50.0 Å². The molecule has 1 unspecified atom stereocenters. The minimum atomic E-state index is -0.358. The summed E-state index contributed by atoms with van der Waals surface area (Å²) in [7, 11) is 1.70. The van der Waals surface area contributed by atoms with Crippen LogP contribution in [0.15, 0.2) is 45.7 Å². The van der Waals surface area contributed by atoms with Crippen molar-refractivity contribution in [2.24, 2.45) is 7.05 Å². The molecule has 0 spiro atoms. The van der Waals surface area contributed by atoms with Gasteiger partial charge in [0.1, 0.15) is 4.83 Å². The Hall–Kier alpha value is -2.38. The van der Waals surface area contributed by atoms with Crippen LogP contribution in [0.2, 0.25) is 0 Å². The van der Waals surface area contributed by atoms with E-state index in [1.165, 1.54) is 27.7 Å². The Bertz CT molecular complexity index is 1200. The zero-order chi connectivity index (χ0) is 18.4. The zero-order valence-electron chi connectivity index (χ0n) is 14.6. The predicted octanol–water partition coefficient (Wildman–Crippen LogP) is 4.15. The van der Waals surface area contributed by atoms with E-state index in [-0.39, 0.29) is 16.6 Å². The fraction of sp³-hybridized carbons (Fsp3) is 0.211. The fourth-order valence-electron chi connectivity index (χ4n) is 3.09. The van der Waals surface area contributed by atoms with Crippen LogP contribution < -0.4 is 5.56 Å². The van der Waals surface area contributed by atoms with E-state index in [1.807, 2.05) is 43.5 Å². The second-order valence-corrected chi connectivity index (χ2v) is 8.40. The van der Waals surface area contributed by atoms with Gasteiger partial charge < -0.3 is 4.98 Å². The molecule has 5 nitrogen and oxygen atoms in total. The van der Waals surface area contributed by atoms with E-state index in [0.29, 0.717) is 20.9 Å². The summed E-state index contributed by atoms with van der Waals surface area (Å²) in [6.07, 6.45) is 0. The lowest BCUT2D eigenvalue weighted by Crippen LogP contribution is -2.22. The number of nitrogens with one attached hydrogen (secondary N) is 1. The predicted molar refractivity (Wildman–Crippen MR) is 108 cm³/mol. The third-order valence-electron chi connectivity index (χ3n) is 4.46. The molecule has 0 aliphatic carbocycles. The lowest BCUT2D eigenvalue weighted by molar-refractivity contribution is 0.0995. The lowest BCUT2D eigenvalue weighted by Gasteiger charge is -2.12. The molecule has 0 saturated carbocycles. The summed E-state index contributed by atoms with van der Waals surface area (Å²) in [5.74, 6) is 0.0328. The van der Waals surface area contributed by atoms with Gasteiger partial charge in [-0.2, -0.15) is 0 Å². The maximum absolute atomic E-state index is 13.1. The largest absolute Gasteiger partial charge is 0.358 e. The number of nitrogens with zero attached hydrogens (tertiary/aromatic N) is 2. The SMILES string of the molecule is Cc1[nH]c2ccccc2c1C(=O)C(C)Sc1nc2sccc2c(=O)n1C. The molecule has 132 valence electrons. The van der Waals surface area contributed by atoms with Crippen molar-refractivity contribution in [3.63, 3.8) is 0 Å². The van der Waals surface area contributed by atoms with E-state index in [4.69, 9.17) is 0 Å². The highest BCUT2D eigenvalue weighted by Crippen LogP contribution is 2.29. The van der Waals surface area contributed by atoms with Crippen molar-refractivity contribution in [2.75, 3.05) is 0 Å². The van der Waals surface area contributed by atoms with Gasteiger partial charge in [-0.25, -0.2) is 4.98 Å². The van der Waals surface area contributed by atoms with Crippen molar-refractivity contribution in [3.05, 3.63) is 57.3 Å². The first-order chi connectivity index (χ1) is 12.5. The molecule has 4 aromatic rings. The Kier molecular flexibility index (Phi) is 4.20. The third-order valence-corrected chi connectivity index (χ3v) is 6.41. The van der Waals surface area contributed by atoms with Gasteiger partial charge in [-0.3, -0.25) is 14.2 Å². The van der Waals surface area contributed by atoms with Crippen LogP contribution in [0.1, 0.15) is 23.0 Å². The van der Waals surface area contributed by atoms with Crippen LogP contribution in [-0.2, 0) is 7.05 Å². The van der Waals surface area contributed by atoms with Crippen molar-refractivity contribution in [1.82, 2.24) is 14.5 Å². The summed E-state index contributed by atoms with van der Waals surface area (Å²) < 4.78 is 1.52. The summed E-state index contributed by atoms with van der Waals surface area (Å²) in [6, 6.07) is 9.58. The Labute approximate surface area is 158 Å². The normalized spacial score (nSPS) is 12.7. The van der Waals surface area contributed by atoms with Gasteiger partial charge >= 0.3 is 0 Å². The average molecular weight is 383 g/mol. The van der Waals surface area contributed by atoms with E-state index in [0.717, 1.165) is 16.6 Å². The summed E-state index contributed by atoms with van der Waals surface area (Å²) in [4.78, 5) is 34.1. The molecule has 1 N–H and O–H groups in total. The average Bonchev–Trinajstić information content (AvgIpc) is 3.22. The first-order valence-corrected chi connectivity index (χ1v) is 9.95. The quantitative estimate of drug-likeness (QED) is 0.327. The fourth-order valence-corrected chi connectivity index (χ4v) is 4.83. The van der Waals surface area contributed by atoms with E-state index < -0.39 is 0 Å². The molecular weight excluding hydrogens is 366 g/mol. The van der Waals surface area contributed by atoms with Crippen LogP contribution in [0.4, 0.5) is 0 Å². The summed E-state index contributed by atoms with van der Waals surface area (Å²) >= 11 is 2.76. The molecule has 0 aliphatic rings. The molecule has 0 radical (unpaired) electrons. The van der Waals surface area contributed by atoms with Gasteiger partial charge in [0, 0.05) is 29.2 Å². The maximum atomic E-state index is 13.1. The van der Waals surface area contributed by atoms with Crippen LogP contribution in [0, 0.1) is 6.92 Å². The number of ketones is 1. The van der Waals surface area contributed by atoms with E-state index in [1.54, 1.807) is 13.1 Å². The van der Waals surface area contributed by atoms with Crippen LogP contribution in [-0.4, -0.2) is 25.6 Å². The Morgan fingerprint density at radius 1 is 1.27 bits per heavy atom. The van der Waals surface area contributed by atoms with Crippen LogP contribution in [0.5, 0.6) is 0 Å². The van der Waals surface area contributed by atoms with Gasteiger partial charge in [0.15, 0.2) is 10.9 Å². The molecule has 7 heteroatoms.